The number of nitrogens with one attached hydrogen (secondary N) is 1. The van der Waals surface area contributed by atoms with Gasteiger partial charge in [-0.3, -0.25) is 20.0 Å². The quantitative estimate of drug-likeness (QED) is 0.610. The van der Waals surface area contributed by atoms with E-state index in [2.05, 4.69) is 26.3 Å². The summed E-state index contributed by atoms with van der Waals surface area (Å²) in [6.07, 6.45) is 4.75. The molecule has 1 aromatic heterocycles. The summed E-state index contributed by atoms with van der Waals surface area (Å²) in [5.41, 5.74) is 3.80. The summed E-state index contributed by atoms with van der Waals surface area (Å²) < 4.78 is 1.24. The molecular formula is C16H10BrN3O2S2. The van der Waals surface area contributed by atoms with E-state index in [1.54, 1.807) is 18.2 Å². The van der Waals surface area contributed by atoms with E-state index in [-0.39, 0.29) is 10.2 Å². The van der Waals surface area contributed by atoms with Gasteiger partial charge in [0.05, 0.1) is 4.91 Å². The second-order valence-electron chi connectivity index (χ2n) is 4.75. The first-order valence-electron chi connectivity index (χ1n) is 6.79. The van der Waals surface area contributed by atoms with Crippen LogP contribution in [0.1, 0.15) is 15.9 Å². The Labute approximate surface area is 156 Å². The Morgan fingerprint density at radius 1 is 1.21 bits per heavy atom. The topological polar surface area (TPSA) is 62.3 Å². The van der Waals surface area contributed by atoms with Gasteiger partial charge in [0.25, 0.3) is 11.8 Å². The number of pyridine rings is 1. The third-order valence-corrected chi connectivity index (χ3v) is 4.95. The maximum absolute atomic E-state index is 12.5. The first-order valence-corrected chi connectivity index (χ1v) is 8.81. The predicted molar refractivity (Wildman–Crippen MR) is 101 cm³/mol. The lowest BCUT2D eigenvalue weighted by Crippen LogP contribution is -2.44. The fourth-order valence-electron chi connectivity index (χ4n) is 1.94. The van der Waals surface area contributed by atoms with E-state index in [0.717, 1.165) is 26.8 Å². The molecule has 0 aliphatic carbocycles. The smallest absolute Gasteiger partial charge is 0.267 e. The third kappa shape index (κ3) is 3.72. The molecule has 2 heterocycles. The van der Waals surface area contributed by atoms with Gasteiger partial charge in [-0.2, -0.15) is 5.01 Å². The minimum absolute atomic E-state index is 0.283. The molecule has 0 unspecified atom stereocenters. The molecule has 8 heteroatoms. The SMILES string of the molecule is O=C(NN1C(=O)/C(=C/c2ccc(Br)cc2)SC1=S)c1ccncc1. The number of benzene rings is 1. The molecule has 0 spiro atoms. The van der Waals surface area contributed by atoms with Crippen molar-refractivity contribution in [3.8, 4) is 0 Å². The van der Waals surface area contributed by atoms with Crippen molar-refractivity contribution in [3.63, 3.8) is 0 Å². The van der Waals surface area contributed by atoms with Gasteiger partial charge in [0.1, 0.15) is 0 Å². The van der Waals surface area contributed by atoms with Crippen LogP contribution >= 0.6 is 39.9 Å². The second kappa shape index (κ2) is 7.25. The van der Waals surface area contributed by atoms with Crippen LogP contribution in [0.4, 0.5) is 0 Å². The molecule has 0 atom stereocenters. The summed E-state index contributed by atoms with van der Waals surface area (Å²) in [5.74, 6) is -0.770. The zero-order chi connectivity index (χ0) is 17.1. The molecule has 24 heavy (non-hydrogen) atoms. The summed E-state index contributed by atoms with van der Waals surface area (Å²) in [7, 11) is 0. The Bertz CT molecular complexity index is 838. The van der Waals surface area contributed by atoms with Crippen LogP contribution in [0.3, 0.4) is 0 Å². The Hall–Kier alpha value is -2.03. The lowest BCUT2D eigenvalue weighted by atomic mass is 10.2. The van der Waals surface area contributed by atoms with Crippen LogP contribution < -0.4 is 5.43 Å². The number of hydrogen-bond acceptors (Lipinski definition) is 5. The lowest BCUT2D eigenvalue weighted by Gasteiger charge is -2.15. The number of rotatable bonds is 3. The Morgan fingerprint density at radius 2 is 1.88 bits per heavy atom. The van der Waals surface area contributed by atoms with E-state index in [4.69, 9.17) is 12.2 Å². The van der Waals surface area contributed by atoms with Crippen molar-refractivity contribution in [2.75, 3.05) is 0 Å². The average molecular weight is 420 g/mol. The van der Waals surface area contributed by atoms with E-state index in [1.807, 2.05) is 24.3 Å². The van der Waals surface area contributed by atoms with Gasteiger partial charge in [0.2, 0.25) is 0 Å². The molecule has 1 aliphatic heterocycles. The van der Waals surface area contributed by atoms with Crippen molar-refractivity contribution >= 4 is 62.1 Å². The molecule has 2 amide bonds. The highest BCUT2D eigenvalue weighted by Crippen LogP contribution is 2.31. The molecule has 1 aromatic carbocycles. The third-order valence-electron chi connectivity index (χ3n) is 3.12. The molecule has 2 aromatic rings. The number of hydrazine groups is 1. The standard InChI is InChI=1S/C16H10BrN3O2S2/c17-12-3-1-10(2-4-12)9-13-15(22)20(16(23)24-13)19-14(21)11-5-7-18-8-6-11/h1-9H,(H,19,21)/b13-9-. The summed E-state index contributed by atoms with van der Waals surface area (Å²) in [4.78, 5) is 28.9. The maximum atomic E-state index is 12.5. The highest BCUT2D eigenvalue weighted by Gasteiger charge is 2.33. The molecule has 1 fully saturated rings. The van der Waals surface area contributed by atoms with Crippen molar-refractivity contribution in [1.82, 2.24) is 15.4 Å². The van der Waals surface area contributed by atoms with Gasteiger partial charge < -0.3 is 0 Å². The average Bonchev–Trinajstić information content (AvgIpc) is 2.85. The summed E-state index contributed by atoms with van der Waals surface area (Å²) in [6.45, 7) is 0. The lowest BCUT2D eigenvalue weighted by molar-refractivity contribution is -0.123. The molecule has 0 radical (unpaired) electrons. The second-order valence-corrected chi connectivity index (χ2v) is 7.34. The fourth-order valence-corrected chi connectivity index (χ4v) is 3.39. The summed E-state index contributed by atoms with van der Waals surface area (Å²) in [5, 5.41) is 1.09. The molecule has 0 bridgehead atoms. The molecule has 120 valence electrons. The Balaban J connectivity index is 1.77. The van der Waals surface area contributed by atoms with Crippen LogP contribution in [0, 0.1) is 0 Å². The van der Waals surface area contributed by atoms with Gasteiger partial charge in [-0.1, -0.05) is 39.8 Å². The molecule has 0 saturated carbocycles. The van der Waals surface area contributed by atoms with E-state index in [9.17, 15) is 9.59 Å². The number of carbonyl (C=O) groups is 2. The number of carbonyl (C=O) groups excluding carboxylic acids is 2. The number of aromatic nitrogens is 1. The van der Waals surface area contributed by atoms with Crippen LogP contribution in [0.2, 0.25) is 0 Å². The van der Waals surface area contributed by atoms with Crippen LogP contribution in [-0.4, -0.2) is 26.1 Å². The fraction of sp³-hybridized carbons (Fsp3) is 0. The van der Waals surface area contributed by atoms with Crippen LogP contribution in [0.5, 0.6) is 0 Å². The van der Waals surface area contributed by atoms with Crippen molar-refractivity contribution in [2.45, 2.75) is 0 Å². The van der Waals surface area contributed by atoms with E-state index >= 15 is 0 Å². The first kappa shape index (κ1) is 16.8. The minimum atomic E-state index is -0.418. The number of thiocarbonyl (C=S) groups is 1. The molecule has 1 aliphatic rings. The number of halogens is 1. The molecular weight excluding hydrogens is 410 g/mol. The van der Waals surface area contributed by atoms with Gasteiger partial charge in [0, 0.05) is 22.4 Å². The highest BCUT2D eigenvalue weighted by molar-refractivity contribution is 9.10. The summed E-state index contributed by atoms with van der Waals surface area (Å²) in [6, 6.07) is 10.7. The van der Waals surface area contributed by atoms with Crippen molar-refractivity contribution in [2.24, 2.45) is 0 Å². The first-order chi connectivity index (χ1) is 11.5. The Kier molecular flexibility index (Phi) is 5.08. The maximum Gasteiger partial charge on any atom is 0.285 e. The number of amides is 2. The summed E-state index contributed by atoms with van der Waals surface area (Å²) >= 11 is 9.71. The van der Waals surface area contributed by atoms with E-state index < -0.39 is 5.91 Å². The molecule has 5 nitrogen and oxygen atoms in total. The van der Waals surface area contributed by atoms with Gasteiger partial charge in [0.15, 0.2) is 4.32 Å². The van der Waals surface area contributed by atoms with E-state index in [1.165, 1.54) is 12.4 Å². The van der Waals surface area contributed by atoms with Gasteiger partial charge >= 0.3 is 0 Å². The molecule has 1 N–H and O–H groups in total. The number of nitrogens with zero attached hydrogens (tertiary/aromatic N) is 2. The van der Waals surface area contributed by atoms with E-state index in [0.29, 0.717) is 10.5 Å². The van der Waals surface area contributed by atoms with Crippen LogP contribution in [0.25, 0.3) is 6.08 Å². The van der Waals surface area contributed by atoms with Gasteiger partial charge in [-0.15, -0.1) is 0 Å². The number of hydrogen-bond donors (Lipinski definition) is 1. The largest absolute Gasteiger partial charge is 0.285 e. The highest BCUT2D eigenvalue weighted by atomic mass is 79.9. The van der Waals surface area contributed by atoms with Crippen molar-refractivity contribution in [1.29, 1.82) is 0 Å². The van der Waals surface area contributed by atoms with Crippen LogP contribution in [0.15, 0.2) is 58.2 Å². The normalized spacial score (nSPS) is 15.9. The monoisotopic (exact) mass is 419 g/mol. The van der Waals surface area contributed by atoms with Crippen molar-refractivity contribution in [3.05, 3.63) is 69.3 Å². The van der Waals surface area contributed by atoms with Gasteiger partial charge in [-0.25, -0.2) is 0 Å². The number of thioether (sulfide) groups is 1. The molecule has 1 saturated heterocycles. The zero-order valence-corrected chi connectivity index (χ0v) is 15.3. The van der Waals surface area contributed by atoms with Crippen molar-refractivity contribution < 1.29 is 9.59 Å². The predicted octanol–water partition coefficient (Wildman–Crippen LogP) is 3.39. The van der Waals surface area contributed by atoms with Crippen LogP contribution in [-0.2, 0) is 4.79 Å². The molecule has 3 rings (SSSR count). The zero-order valence-electron chi connectivity index (χ0n) is 12.1. The minimum Gasteiger partial charge on any atom is -0.267 e. The van der Waals surface area contributed by atoms with Gasteiger partial charge in [-0.05, 0) is 48.1 Å². The Morgan fingerprint density at radius 3 is 2.54 bits per heavy atom.